The first-order chi connectivity index (χ1) is 9.19. The lowest BCUT2D eigenvalue weighted by Gasteiger charge is -2.34. The van der Waals surface area contributed by atoms with Crippen molar-refractivity contribution in [3.63, 3.8) is 0 Å². The van der Waals surface area contributed by atoms with E-state index in [1.807, 2.05) is 11.0 Å². The van der Waals surface area contributed by atoms with Crippen LogP contribution in [0, 0.1) is 0 Å². The molecule has 2 rings (SSSR count). The molecule has 1 aromatic rings. The number of piperazine rings is 1. The second-order valence-electron chi connectivity index (χ2n) is 4.76. The van der Waals surface area contributed by atoms with E-state index in [-0.39, 0.29) is 11.7 Å². The molecule has 1 aromatic carbocycles. The fourth-order valence-electron chi connectivity index (χ4n) is 2.29. The molecule has 19 heavy (non-hydrogen) atoms. The lowest BCUT2D eigenvalue weighted by atomic mass is 10.1. The highest BCUT2D eigenvalue weighted by molar-refractivity contribution is 9.09. The average molecular weight is 327 g/mol. The van der Waals surface area contributed by atoms with Crippen molar-refractivity contribution in [3.8, 4) is 5.75 Å². The number of rotatable bonds is 4. The first kappa shape index (κ1) is 14.3. The highest BCUT2D eigenvalue weighted by Crippen LogP contribution is 2.13. The van der Waals surface area contributed by atoms with Gasteiger partial charge in [-0.2, -0.15) is 0 Å². The topological polar surface area (TPSA) is 43.8 Å². The molecule has 0 spiro atoms. The Hall–Kier alpha value is -1.07. The number of carbonyl (C=O) groups excluding carboxylic acids is 1. The van der Waals surface area contributed by atoms with Gasteiger partial charge in [-0.15, -0.1) is 0 Å². The number of phenolic OH excluding ortho intramolecular Hbond substituents is 1. The van der Waals surface area contributed by atoms with Crippen molar-refractivity contribution in [2.24, 2.45) is 0 Å². The van der Waals surface area contributed by atoms with E-state index in [2.05, 4.69) is 20.8 Å². The number of halogens is 1. The van der Waals surface area contributed by atoms with E-state index in [1.165, 1.54) is 0 Å². The molecule has 5 heteroatoms. The van der Waals surface area contributed by atoms with Gasteiger partial charge in [0.05, 0.1) is 6.42 Å². The van der Waals surface area contributed by atoms with Gasteiger partial charge in [-0.05, 0) is 17.7 Å². The first-order valence-electron chi connectivity index (χ1n) is 6.53. The molecule has 1 aliphatic rings. The summed E-state index contributed by atoms with van der Waals surface area (Å²) < 4.78 is 0. The highest BCUT2D eigenvalue weighted by atomic mass is 79.9. The number of hydrogen-bond donors (Lipinski definition) is 1. The molecule has 0 bridgehead atoms. The first-order valence-corrected chi connectivity index (χ1v) is 7.65. The van der Waals surface area contributed by atoms with Crippen LogP contribution in [0.15, 0.2) is 24.3 Å². The van der Waals surface area contributed by atoms with E-state index < -0.39 is 0 Å². The predicted octanol–water partition coefficient (Wildman–Crippen LogP) is 1.47. The van der Waals surface area contributed by atoms with Crippen LogP contribution < -0.4 is 0 Å². The Morgan fingerprint density at radius 1 is 1.26 bits per heavy atom. The Balaban J connectivity index is 1.84. The Morgan fingerprint density at radius 3 is 2.63 bits per heavy atom. The van der Waals surface area contributed by atoms with Crippen molar-refractivity contribution in [2.75, 3.05) is 38.1 Å². The molecule has 1 amide bonds. The normalized spacial score (nSPS) is 16.6. The second kappa shape index (κ2) is 6.91. The van der Waals surface area contributed by atoms with Gasteiger partial charge in [-0.1, -0.05) is 28.1 Å². The van der Waals surface area contributed by atoms with E-state index in [1.54, 1.807) is 18.2 Å². The summed E-state index contributed by atoms with van der Waals surface area (Å²) in [5.74, 6) is 0.358. The number of carbonyl (C=O) groups is 1. The van der Waals surface area contributed by atoms with Crippen molar-refractivity contribution in [1.29, 1.82) is 0 Å². The molecule has 0 atom stereocenters. The lowest BCUT2D eigenvalue weighted by Crippen LogP contribution is -2.49. The standard InChI is InChI=1S/C14H19BrN2O2/c15-4-5-16-6-8-17(9-7-16)14(19)11-12-2-1-3-13(18)10-12/h1-3,10,18H,4-9,11H2. The molecule has 0 saturated carbocycles. The maximum Gasteiger partial charge on any atom is 0.227 e. The van der Waals surface area contributed by atoms with Crippen molar-refractivity contribution < 1.29 is 9.90 Å². The van der Waals surface area contributed by atoms with Crippen LogP contribution in [0.2, 0.25) is 0 Å². The number of alkyl halides is 1. The second-order valence-corrected chi connectivity index (χ2v) is 5.55. The van der Waals surface area contributed by atoms with E-state index in [9.17, 15) is 9.90 Å². The Kier molecular flexibility index (Phi) is 5.22. The Morgan fingerprint density at radius 2 is 2.00 bits per heavy atom. The van der Waals surface area contributed by atoms with Gasteiger partial charge in [0.1, 0.15) is 5.75 Å². The zero-order valence-electron chi connectivity index (χ0n) is 10.9. The lowest BCUT2D eigenvalue weighted by molar-refractivity contribution is -0.132. The molecule has 4 nitrogen and oxygen atoms in total. The number of hydrogen-bond acceptors (Lipinski definition) is 3. The van der Waals surface area contributed by atoms with Gasteiger partial charge < -0.3 is 10.0 Å². The van der Waals surface area contributed by atoms with Crippen LogP contribution in [0.1, 0.15) is 5.56 Å². The number of amides is 1. The van der Waals surface area contributed by atoms with Crippen molar-refractivity contribution in [1.82, 2.24) is 9.80 Å². The van der Waals surface area contributed by atoms with Crippen LogP contribution in [-0.4, -0.2) is 58.9 Å². The van der Waals surface area contributed by atoms with E-state index in [0.29, 0.717) is 6.42 Å². The molecule has 1 N–H and O–H groups in total. The molecule has 0 unspecified atom stereocenters. The third-order valence-corrected chi connectivity index (χ3v) is 3.75. The van der Waals surface area contributed by atoms with Crippen LogP contribution in [0.4, 0.5) is 0 Å². The molecule has 1 fully saturated rings. The zero-order valence-corrected chi connectivity index (χ0v) is 12.5. The van der Waals surface area contributed by atoms with Crippen molar-refractivity contribution >= 4 is 21.8 Å². The quantitative estimate of drug-likeness (QED) is 0.852. The number of nitrogens with zero attached hydrogens (tertiary/aromatic N) is 2. The molecule has 1 saturated heterocycles. The SMILES string of the molecule is O=C(Cc1cccc(O)c1)N1CCN(CCBr)CC1. The van der Waals surface area contributed by atoms with Crippen molar-refractivity contribution in [3.05, 3.63) is 29.8 Å². The van der Waals surface area contributed by atoms with Gasteiger partial charge in [0, 0.05) is 38.1 Å². The monoisotopic (exact) mass is 326 g/mol. The average Bonchev–Trinajstić information content (AvgIpc) is 2.40. The largest absolute Gasteiger partial charge is 0.508 e. The maximum atomic E-state index is 12.2. The molecule has 0 aliphatic carbocycles. The molecular weight excluding hydrogens is 308 g/mol. The Labute approximate surface area is 122 Å². The minimum Gasteiger partial charge on any atom is -0.508 e. The van der Waals surface area contributed by atoms with Crippen LogP contribution in [0.25, 0.3) is 0 Å². The van der Waals surface area contributed by atoms with Crippen molar-refractivity contribution in [2.45, 2.75) is 6.42 Å². The fourth-order valence-corrected chi connectivity index (χ4v) is 2.79. The summed E-state index contributed by atoms with van der Waals surface area (Å²) in [6.45, 7) is 4.51. The summed E-state index contributed by atoms with van der Waals surface area (Å²) in [4.78, 5) is 16.4. The minimum atomic E-state index is 0.143. The summed E-state index contributed by atoms with van der Waals surface area (Å²) >= 11 is 3.43. The molecule has 1 heterocycles. The smallest absolute Gasteiger partial charge is 0.227 e. The third kappa shape index (κ3) is 4.21. The third-order valence-electron chi connectivity index (χ3n) is 3.39. The van der Waals surface area contributed by atoms with Gasteiger partial charge in [-0.25, -0.2) is 0 Å². The predicted molar refractivity (Wildman–Crippen MR) is 78.6 cm³/mol. The van der Waals surface area contributed by atoms with Crippen LogP contribution in [-0.2, 0) is 11.2 Å². The molecule has 1 aliphatic heterocycles. The van der Waals surface area contributed by atoms with Gasteiger partial charge in [0.15, 0.2) is 0 Å². The summed E-state index contributed by atoms with van der Waals surface area (Å²) in [6.07, 6.45) is 0.368. The summed E-state index contributed by atoms with van der Waals surface area (Å²) in [6, 6.07) is 6.91. The van der Waals surface area contributed by atoms with Gasteiger partial charge in [0.2, 0.25) is 5.91 Å². The molecular formula is C14H19BrN2O2. The van der Waals surface area contributed by atoms with E-state index in [4.69, 9.17) is 0 Å². The summed E-state index contributed by atoms with van der Waals surface area (Å²) in [5.41, 5.74) is 0.868. The van der Waals surface area contributed by atoms with E-state index >= 15 is 0 Å². The van der Waals surface area contributed by atoms with Crippen LogP contribution in [0.5, 0.6) is 5.75 Å². The minimum absolute atomic E-state index is 0.143. The molecule has 0 aromatic heterocycles. The van der Waals surface area contributed by atoms with E-state index in [0.717, 1.165) is 43.6 Å². The zero-order chi connectivity index (χ0) is 13.7. The maximum absolute atomic E-state index is 12.2. The summed E-state index contributed by atoms with van der Waals surface area (Å²) in [7, 11) is 0. The number of benzene rings is 1. The van der Waals surface area contributed by atoms with Gasteiger partial charge >= 0.3 is 0 Å². The molecule has 104 valence electrons. The highest BCUT2D eigenvalue weighted by Gasteiger charge is 2.20. The summed E-state index contributed by atoms with van der Waals surface area (Å²) in [5, 5.41) is 10.4. The fraction of sp³-hybridized carbons (Fsp3) is 0.500. The number of aromatic hydroxyl groups is 1. The van der Waals surface area contributed by atoms with Crippen LogP contribution >= 0.6 is 15.9 Å². The van der Waals surface area contributed by atoms with Gasteiger partial charge in [-0.3, -0.25) is 9.69 Å². The van der Waals surface area contributed by atoms with Gasteiger partial charge in [0.25, 0.3) is 0 Å². The van der Waals surface area contributed by atoms with Crippen LogP contribution in [0.3, 0.4) is 0 Å². The Bertz CT molecular complexity index is 431. The number of phenols is 1. The molecule has 0 radical (unpaired) electrons.